The maximum atomic E-state index is 12.9. The standard InChI is InChI=1S/C18H22N6O/c1-22(2)11-12-23-14-16(13-20-23)21-18(25)17(24-10-6-9-19-24)15-7-4-3-5-8-15/h3-10,13-14,17H,11-12H2,1-2H3,(H,21,25)/t17-/m0/s1. The van der Waals surface area contributed by atoms with Gasteiger partial charge >= 0.3 is 0 Å². The van der Waals surface area contributed by atoms with Crippen molar-refractivity contribution >= 4 is 11.6 Å². The minimum absolute atomic E-state index is 0.151. The molecule has 0 spiro atoms. The van der Waals surface area contributed by atoms with Gasteiger partial charge in [-0.25, -0.2) is 0 Å². The molecule has 7 heteroatoms. The van der Waals surface area contributed by atoms with Crippen LogP contribution >= 0.6 is 0 Å². The van der Waals surface area contributed by atoms with Gasteiger partial charge in [-0.05, 0) is 25.7 Å². The first-order valence-corrected chi connectivity index (χ1v) is 8.15. The third-order valence-corrected chi connectivity index (χ3v) is 3.83. The van der Waals surface area contributed by atoms with Crippen LogP contribution in [0.15, 0.2) is 61.2 Å². The van der Waals surface area contributed by atoms with Crippen LogP contribution in [0.3, 0.4) is 0 Å². The minimum atomic E-state index is -0.527. The molecule has 3 rings (SSSR count). The molecule has 1 aromatic carbocycles. The molecule has 25 heavy (non-hydrogen) atoms. The Morgan fingerprint density at radius 1 is 1.20 bits per heavy atom. The monoisotopic (exact) mass is 338 g/mol. The van der Waals surface area contributed by atoms with E-state index in [2.05, 4.69) is 20.4 Å². The number of aromatic nitrogens is 4. The number of amides is 1. The second-order valence-corrected chi connectivity index (χ2v) is 6.08. The van der Waals surface area contributed by atoms with Gasteiger partial charge in [0, 0.05) is 25.1 Å². The van der Waals surface area contributed by atoms with Gasteiger partial charge in [-0.15, -0.1) is 0 Å². The Bertz CT molecular complexity index is 794. The number of carbonyl (C=O) groups excluding carboxylic acids is 1. The van der Waals surface area contributed by atoms with Gasteiger partial charge in [-0.3, -0.25) is 14.2 Å². The number of hydrogen-bond donors (Lipinski definition) is 1. The molecule has 2 aromatic heterocycles. The van der Waals surface area contributed by atoms with Crippen molar-refractivity contribution in [2.45, 2.75) is 12.6 Å². The molecule has 0 aliphatic rings. The zero-order chi connectivity index (χ0) is 17.6. The molecule has 1 atom stereocenters. The molecule has 130 valence electrons. The number of nitrogens with one attached hydrogen (secondary N) is 1. The molecule has 0 saturated heterocycles. The molecule has 7 nitrogen and oxygen atoms in total. The first-order chi connectivity index (χ1) is 12.1. The van der Waals surface area contributed by atoms with E-state index in [0.29, 0.717) is 5.69 Å². The van der Waals surface area contributed by atoms with Crippen LogP contribution in [0.1, 0.15) is 11.6 Å². The lowest BCUT2D eigenvalue weighted by Gasteiger charge is -2.17. The molecular formula is C18H22N6O. The highest BCUT2D eigenvalue weighted by atomic mass is 16.2. The predicted octanol–water partition coefficient (Wildman–Crippen LogP) is 1.87. The van der Waals surface area contributed by atoms with E-state index in [4.69, 9.17) is 0 Å². The quantitative estimate of drug-likeness (QED) is 0.714. The Labute approximate surface area is 146 Å². The summed E-state index contributed by atoms with van der Waals surface area (Å²) >= 11 is 0. The first-order valence-electron chi connectivity index (χ1n) is 8.15. The van der Waals surface area contributed by atoms with E-state index in [1.165, 1.54) is 0 Å². The minimum Gasteiger partial charge on any atom is -0.321 e. The Morgan fingerprint density at radius 2 is 2.00 bits per heavy atom. The molecule has 3 aromatic rings. The predicted molar refractivity (Wildman–Crippen MR) is 96.2 cm³/mol. The van der Waals surface area contributed by atoms with Crippen molar-refractivity contribution in [3.05, 3.63) is 66.7 Å². The molecular weight excluding hydrogens is 316 g/mol. The second kappa shape index (κ2) is 7.76. The van der Waals surface area contributed by atoms with Gasteiger partial charge in [0.2, 0.25) is 0 Å². The van der Waals surface area contributed by atoms with Crippen molar-refractivity contribution in [3.63, 3.8) is 0 Å². The SMILES string of the molecule is CN(C)CCn1cc(NC(=O)[C@H](c2ccccc2)n2cccn2)cn1. The van der Waals surface area contributed by atoms with Crippen molar-refractivity contribution in [1.82, 2.24) is 24.5 Å². The van der Waals surface area contributed by atoms with Crippen LogP contribution in [0.2, 0.25) is 0 Å². The van der Waals surface area contributed by atoms with E-state index < -0.39 is 6.04 Å². The van der Waals surface area contributed by atoms with Gasteiger partial charge in [0.05, 0.1) is 18.4 Å². The molecule has 0 bridgehead atoms. The molecule has 0 aliphatic heterocycles. The number of nitrogens with zero attached hydrogens (tertiary/aromatic N) is 5. The molecule has 1 N–H and O–H groups in total. The molecule has 0 fully saturated rings. The van der Waals surface area contributed by atoms with E-state index in [1.807, 2.05) is 61.4 Å². The largest absolute Gasteiger partial charge is 0.321 e. The van der Waals surface area contributed by atoms with Gasteiger partial charge in [0.15, 0.2) is 6.04 Å². The zero-order valence-corrected chi connectivity index (χ0v) is 14.4. The summed E-state index contributed by atoms with van der Waals surface area (Å²) in [5.41, 5.74) is 1.56. The summed E-state index contributed by atoms with van der Waals surface area (Å²) in [6.45, 7) is 1.65. The molecule has 0 unspecified atom stereocenters. The van der Waals surface area contributed by atoms with Crippen LogP contribution in [0, 0.1) is 0 Å². The molecule has 0 aliphatic carbocycles. The van der Waals surface area contributed by atoms with E-state index >= 15 is 0 Å². The van der Waals surface area contributed by atoms with E-state index in [0.717, 1.165) is 18.7 Å². The fourth-order valence-electron chi connectivity index (χ4n) is 2.56. The van der Waals surface area contributed by atoms with Crippen LogP contribution in [0.25, 0.3) is 0 Å². The van der Waals surface area contributed by atoms with Crippen molar-refractivity contribution in [2.75, 3.05) is 26.0 Å². The normalized spacial score (nSPS) is 12.3. The molecule has 0 saturated carbocycles. The summed E-state index contributed by atoms with van der Waals surface area (Å²) in [5.74, 6) is -0.151. The Morgan fingerprint density at radius 3 is 2.68 bits per heavy atom. The number of carbonyl (C=O) groups is 1. The van der Waals surface area contributed by atoms with Gasteiger partial charge < -0.3 is 10.2 Å². The second-order valence-electron chi connectivity index (χ2n) is 6.08. The molecule has 1 amide bonds. The van der Waals surface area contributed by atoms with Crippen molar-refractivity contribution in [3.8, 4) is 0 Å². The fourth-order valence-corrected chi connectivity index (χ4v) is 2.56. The third-order valence-electron chi connectivity index (χ3n) is 3.83. The van der Waals surface area contributed by atoms with E-state index in [1.54, 1.807) is 23.3 Å². The van der Waals surface area contributed by atoms with Crippen molar-refractivity contribution in [1.29, 1.82) is 0 Å². The maximum Gasteiger partial charge on any atom is 0.253 e. The number of anilines is 1. The van der Waals surface area contributed by atoms with Gasteiger partial charge in [0.25, 0.3) is 5.91 Å². The first kappa shape index (κ1) is 16.9. The highest BCUT2D eigenvalue weighted by Crippen LogP contribution is 2.19. The Kier molecular flexibility index (Phi) is 5.25. The maximum absolute atomic E-state index is 12.9. The summed E-state index contributed by atoms with van der Waals surface area (Å²) in [4.78, 5) is 15.0. The number of likely N-dealkylation sites (N-methyl/N-ethyl adjacent to an activating group) is 1. The summed E-state index contributed by atoms with van der Waals surface area (Å²) in [6, 6.07) is 10.9. The lowest BCUT2D eigenvalue weighted by atomic mass is 10.1. The summed E-state index contributed by atoms with van der Waals surface area (Å²) < 4.78 is 3.47. The Hall–Kier alpha value is -2.93. The third kappa shape index (κ3) is 4.33. The number of benzene rings is 1. The van der Waals surface area contributed by atoms with Crippen LogP contribution < -0.4 is 5.32 Å². The number of rotatable bonds is 7. The summed E-state index contributed by atoms with van der Waals surface area (Å²) in [5, 5.41) is 11.5. The summed E-state index contributed by atoms with van der Waals surface area (Å²) in [7, 11) is 4.03. The lowest BCUT2D eigenvalue weighted by Crippen LogP contribution is -2.27. The summed E-state index contributed by atoms with van der Waals surface area (Å²) in [6.07, 6.45) is 6.96. The van der Waals surface area contributed by atoms with Crippen LogP contribution in [0.4, 0.5) is 5.69 Å². The van der Waals surface area contributed by atoms with E-state index in [9.17, 15) is 4.79 Å². The average molecular weight is 338 g/mol. The van der Waals surface area contributed by atoms with Gasteiger partial charge in [-0.2, -0.15) is 10.2 Å². The van der Waals surface area contributed by atoms with Crippen molar-refractivity contribution < 1.29 is 4.79 Å². The fraction of sp³-hybridized carbons (Fsp3) is 0.278. The smallest absolute Gasteiger partial charge is 0.253 e. The topological polar surface area (TPSA) is 68.0 Å². The zero-order valence-electron chi connectivity index (χ0n) is 14.4. The highest BCUT2D eigenvalue weighted by Gasteiger charge is 2.23. The molecule has 2 heterocycles. The van der Waals surface area contributed by atoms with Crippen LogP contribution in [-0.2, 0) is 11.3 Å². The molecule has 0 radical (unpaired) electrons. The number of hydrogen-bond acceptors (Lipinski definition) is 4. The van der Waals surface area contributed by atoms with Gasteiger partial charge in [-0.1, -0.05) is 30.3 Å². The highest BCUT2D eigenvalue weighted by molar-refractivity contribution is 5.95. The Balaban J connectivity index is 1.75. The van der Waals surface area contributed by atoms with Gasteiger partial charge in [0.1, 0.15) is 0 Å². The van der Waals surface area contributed by atoms with Crippen LogP contribution in [0.5, 0.6) is 0 Å². The lowest BCUT2D eigenvalue weighted by molar-refractivity contribution is -0.118. The van der Waals surface area contributed by atoms with Crippen molar-refractivity contribution in [2.24, 2.45) is 0 Å². The van der Waals surface area contributed by atoms with E-state index in [-0.39, 0.29) is 5.91 Å². The average Bonchev–Trinajstić information content (AvgIpc) is 3.26. The van der Waals surface area contributed by atoms with Crippen LogP contribution in [-0.4, -0.2) is 51.0 Å².